The van der Waals surface area contributed by atoms with Gasteiger partial charge < -0.3 is 10.1 Å². The van der Waals surface area contributed by atoms with Gasteiger partial charge in [0.15, 0.2) is 0 Å². The molecule has 1 aromatic rings. The van der Waals surface area contributed by atoms with Crippen LogP contribution in [0.15, 0.2) is 35.3 Å². The molecule has 100 valence electrons. The minimum absolute atomic E-state index is 0.0196. The summed E-state index contributed by atoms with van der Waals surface area (Å²) in [7, 11) is 0. The van der Waals surface area contributed by atoms with Gasteiger partial charge in [-0.05, 0) is 53.0 Å². The molecule has 0 heterocycles. The number of hydrogen-bond donors (Lipinski definition) is 1. The maximum Gasteiger partial charge on any atom is 0.134 e. The predicted octanol–water partition coefficient (Wildman–Crippen LogP) is 4.15. The van der Waals surface area contributed by atoms with Gasteiger partial charge in [-0.3, -0.25) is 0 Å². The second-order valence-corrected chi connectivity index (χ2v) is 5.70. The summed E-state index contributed by atoms with van der Waals surface area (Å²) in [6.07, 6.45) is 1.80. The van der Waals surface area contributed by atoms with Crippen LogP contribution in [0.3, 0.4) is 0 Å². The van der Waals surface area contributed by atoms with Gasteiger partial charge in [0.25, 0.3) is 0 Å². The highest BCUT2D eigenvalue weighted by atomic mass is 79.9. The highest BCUT2D eigenvalue weighted by Gasteiger charge is 2.05. The van der Waals surface area contributed by atoms with Gasteiger partial charge in [0.05, 0.1) is 4.47 Å². The molecule has 0 bridgehead atoms. The summed E-state index contributed by atoms with van der Waals surface area (Å²) in [4.78, 5) is 0. The van der Waals surface area contributed by atoms with Crippen LogP contribution in [-0.2, 0) is 6.54 Å². The summed E-state index contributed by atoms with van der Waals surface area (Å²) in [6, 6.07) is 6.18. The largest absolute Gasteiger partial charge is 0.485 e. The zero-order chi connectivity index (χ0) is 13.5. The molecule has 2 nitrogen and oxygen atoms in total. The van der Waals surface area contributed by atoms with Crippen LogP contribution in [0.1, 0.15) is 26.3 Å². The number of hydrogen-bond acceptors (Lipinski definition) is 2. The minimum atomic E-state index is 0.0196. The summed E-state index contributed by atoms with van der Waals surface area (Å²) in [6.45, 7) is 12.0. The molecule has 0 aliphatic carbocycles. The van der Waals surface area contributed by atoms with Gasteiger partial charge in [-0.2, -0.15) is 0 Å². The number of rotatable bonds is 7. The first-order valence-electron chi connectivity index (χ1n) is 6.31. The van der Waals surface area contributed by atoms with Crippen molar-refractivity contribution >= 4 is 15.9 Å². The number of benzene rings is 1. The lowest BCUT2D eigenvalue weighted by molar-refractivity contribution is 0.268. The fraction of sp³-hybridized carbons (Fsp3) is 0.467. The van der Waals surface area contributed by atoms with E-state index in [4.69, 9.17) is 4.74 Å². The Morgan fingerprint density at radius 3 is 2.67 bits per heavy atom. The van der Waals surface area contributed by atoms with Crippen LogP contribution >= 0.6 is 15.9 Å². The fourth-order valence-corrected chi connectivity index (χ4v) is 2.02. The van der Waals surface area contributed by atoms with Crippen molar-refractivity contribution in [2.45, 2.75) is 33.4 Å². The van der Waals surface area contributed by atoms with E-state index in [2.05, 4.69) is 53.8 Å². The molecule has 1 N–H and O–H groups in total. The van der Waals surface area contributed by atoms with E-state index in [9.17, 15) is 0 Å². The first-order chi connectivity index (χ1) is 8.52. The first-order valence-corrected chi connectivity index (χ1v) is 7.10. The van der Waals surface area contributed by atoms with E-state index in [1.165, 1.54) is 5.56 Å². The molecule has 0 radical (unpaired) electrons. The van der Waals surface area contributed by atoms with E-state index in [0.29, 0.717) is 5.92 Å². The van der Waals surface area contributed by atoms with E-state index in [1.54, 1.807) is 6.08 Å². The summed E-state index contributed by atoms with van der Waals surface area (Å²) in [5.41, 5.74) is 1.25. The monoisotopic (exact) mass is 311 g/mol. The third kappa shape index (κ3) is 5.23. The quantitative estimate of drug-likeness (QED) is 0.764. The zero-order valence-corrected chi connectivity index (χ0v) is 13.0. The van der Waals surface area contributed by atoms with Crippen molar-refractivity contribution in [3.05, 3.63) is 40.9 Å². The molecule has 0 saturated heterocycles. The normalized spacial score (nSPS) is 12.5. The maximum absolute atomic E-state index is 5.71. The lowest BCUT2D eigenvalue weighted by Gasteiger charge is -2.13. The SMILES string of the molecule is C=CC(C)Oc1ccc(CNCC(C)C)cc1Br. The Balaban J connectivity index is 2.58. The zero-order valence-electron chi connectivity index (χ0n) is 11.4. The molecule has 0 fully saturated rings. The van der Waals surface area contributed by atoms with Crippen molar-refractivity contribution in [3.63, 3.8) is 0 Å². The Morgan fingerprint density at radius 1 is 1.39 bits per heavy atom. The van der Waals surface area contributed by atoms with Crippen molar-refractivity contribution in [1.82, 2.24) is 5.32 Å². The minimum Gasteiger partial charge on any atom is -0.485 e. The number of ether oxygens (including phenoxy) is 1. The molecule has 1 unspecified atom stereocenters. The van der Waals surface area contributed by atoms with Crippen molar-refractivity contribution in [1.29, 1.82) is 0 Å². The van der Waals surface area contributed by atoms with Crippen LogP contribution < -0.4 is 10.1 Å². The van der Waals surface area contributed by atoms with Gasteiger partial charge in [0.2, 0.25) is 0 Å². The van der Waals surface area contributed by atoms with Crippen LogP contribution in [0.25, 0.3) is 0 Å². The molecule has 0 amide bonds. The third-order valence-electron chi connectivity index (χ3n) is 2.52. The molecule has 18 heavy (non-hydrogen) atoms. The van der Waals surface area contributed by atoms with E-state index in [0.717, 1.165) is 23.3 Å². The van der Waals surface area contributed by atoms with Crippen LogP contribution in [0.5, 0.6) is 5.75 Å². The van der Waals surface area contributed by atoms with Gasteiger partial charge in [-0.1, -0.05) is 32.6 Å². The van der Waals surface area contributed by atoms with Crippen LogP contribution in [0, 0.1) is 5.92 Å². The van der Waals surface area contributed by atoms with Crippen molar-refractivity contribution in [2.24, 2.45) is 5.92 Å². The molecule has 0 aliphatic rings. The molecule has 1 aromatic carbocycles. The van der Waals surface area contributed by atoms with Crippen molar-refractivity contribution in [3.8, 4) is 5.75 Å². The van der Waals surface area contributed by atoms with Gasteiger partial charge in [-0.25, -0.2) is 0 Å². The summed E-state index contributed by atoms with van der Waals surface area (Å²) in [5, 5.41) is 3.42. The molecule has 3 heteroatoms. The molecular formula is C15H22BrNO. The summed E-state index contributed by atoms with van der Waals surface area (Å²) in [5.74, 6) is 1.53. The van der Waals surface area contributed by atoms with E-state index >= 15 is 0 Å². The second-order valence-electron chi connectivity index (χ2n) is 4.85. The topological polar surface area (TPSA) is 21.3 Å². The fourth-order valence-electron chi connectivity index (χ4n) is 1.50. The summed E-state index contributed by atoms with van der Waals surface area (Å²) < 4.78 is 6.69. The molecule has 0 aromatic heterocycles. The lowest BCUT2D eigenvalue weighted by Crippen LogP contribution is -2.19. The Labute approximate surface area is 119 Å². The van der Waals surface area contributed by atoms with Gasteiger partial charge >= 0.3 is 0 Å². The van der Waals surface area contributed by atoms with Crippen LogP contribution in [-0.4, -0.2) is 12.6 Å². The van der Waals surface area contributed by atoms with E-state index < -0.39 is 0 Å². The Morgan fingerprint density at radius 2 is 2.11 bits per heavy atom. The molecule has 1 rings (SSSR count). The Kier molecular flexibility index (Phi) is 6.44. The van der Waals surface area contributed by atoms with Gasteiger partial charge in [-0.15, -0.1) is 0 Å². The smallest absolute Gasteiger partial charge is 0.134 e. The summed E-state index contributed by atoms with van der Waals surface area (Å²) >= 11 is 3.54. The van der Waals surface area contributed by atoms with Crippen molar-refractivity contribution in [2.75, 3.05) is 6.54 Å². The molecule has 1 atom stereocenters. The molecule has 0 aliphatic heterocycles. The van der Waals surface area contributed by atoms with Crippen LogP contribution in [0.4, 0.5) is 0 Å². The Bertz CT molecular complexity index is 390. The molecule has 0 saturated carbocycles. The van der Waals surface area contributed by atoms with E-state index in [1.807, 2.05) is 13.0 Å². The van der Waals surface area contributed by atoms with Crippen molar-refractivity contribution < 1.29 is 4.74 Å². The highest BCUT2D eigenvalue weighted by Crippen LogP contribution is 2.27. The van der Waals surface area contributed by atoms with Crippen LogP contribution in [0.2, 0.25) is 0 Å². The average molecular weight is 312 g/mol. The first kappa shape index (κ1) is 15.3. The Hall–Kier alpha value is -0.800. The van der Waals surface area contributed by atoms with Gasteiger partial charge in [0, 0.05) is 6.54 Å². The predicted molar refractivity (Wildman–Crippen MR) is 81.0 cm³/mol. The van der Waals surface area contributed by atoms with E-state index in [-0.39, 0.29) is 6.10 Å². The third-order valence-corrected chi connectivity index (χ3v) is 3.14. The standard InChI is InChI=1S/C15H22BrNO/c1-5-12(4)18-15-7-6-13(8-14(15)16)10-17-9-11(2)3/h5-8,11-12,17H,1,9-10H2,2-4H3. The molecular weight excluding hydrogens is 290 g/mol. The molecule has 0 spiro atoms. The number of nitrogens with one attached hydrogen (secondary N) is 1. The number of halogens is 1. The average Bonchev–Trinajstić information content (AvgIpc) is 2.32. The second kappa shape index (κ2) is 7.59. The van der Waals surface area contributed by atoms with Gasteiger partial charge in [0.1, 0.15) is 11.9 Å². The lowest BCUT2D eigenvalue weighted by atomic mass is 10.2. The highest BCUT2D eigenvalue weighted by molar-refractivity contribution is 9.10. The maximum atomic E-state index is 5.71.